The Morgan fingerprint density at radius 3 is 3.21 bits per heavy atom. The number of rotatable bonds is 2. The molecule has 19 heavy (non-hydrogen) atoms. The summed E-state index contributed by atoms with van der Waals surface area (Å²) in [6, 6.07) is 3.56. The Balaban J connectivity index is 2.08. The Labute approximate surface area is 117 Å². The Bertz CT molecular complexity index is 527. The standard InChI is InChI=1S/C14H17N3OS/c1-14(6-3-9-19-14)13(18)17-12-10-11(4-2-7-15)5-8-16-12/h5,8,10H,3,6-7,9,15H2,1H3,(H,16,17,18). The second-order valence-electron chi connectivity index (χ2n) is 4.57. The van der Waals surface area contributed by atoms with E-state index in [0.29, 0.717) is 12.4 Å². The molecule has 0 spiro atoms. The molecule has 1 aliphatic rings. The fourth-order valence-corrected chi connectivity index (χ4v) is 3.15. The van der Waals surface area contributed by atoms with Crippen LogP contribution in [0.4, 0.5) is 5.82 Å². The van der Waals surface area contributed by atoms with E-state index in [9.17, 15) is 4.79 Å². The van der Waals surface area contributed by atoms with E-state index in [2.05, 4.69) is 22.1 Å². The number of anilines is 1. The Morgan fingerprint density at radius 1 is 1.68 bits per heavy atom. The predicted molar refractivity (Wildman–Crippen MR) is 78.9 cm³/mol. The molecule has 0 saturated carbocycles. The lowest BCUT2D eigenvalue weighted by Crippen LogP contribution is -2.34. The molecule has 1 saturated heterocycles. The molecule has 100 valence electrons. The van der Waals surface area contributed by atoms with Gasteiger partial charge in [-0.3, -0.25) is 4.79 Å². The number of hydrogen-bond donors (Lipinski definition) is 2. The second-order valence-corrected chi connectivity index (χ2v) is 6.17. The summed E-state index contributed by atoms with van der Waals surface area (Å²) in [5.74, 6) is 7.31. The zero-order valence-corrected chi connectivity index (χ0v) is 11.7. The summed E-state index contributed by atoms with van der Waals surface area (Å²) >= 11 is 1.71. The molecule has 1 atom stereocenters. The topological polar surface area (TPSA) is 68.0 Å². The van der Waals surface area contributed by atoms with Crippen LogP contribution < -0.4 is 11.1 Å². The summed E-state index contributed by atoms with van der Waals surface area (Å²) in [6.45, 7) is 2.30. The Kier molecular flexibility index (Phi) is 4.46. The van der Waals surface area contributed by atoms with Crippen molar-refractivity contribution in [3.05, 3.63) is 23.9 Å². The Hall–Kier alpha value is -1.51. The molecule has 1 amide bonds. The zero-order chi connectivity index (χ0) is 13.7. The van der Waals surface area contributed by atoms with Crippen LogP contribution in [-0.4, -0.2) is 27.9 Å². The molecule has 2 rings (SSSR count). The monoisotopic (exact) mass is 275 g/mol. The number of nitrogens with zero attached hydrogens (tertiary/aromatic N) is 1. The van der Waals surface area contributed by atoms with Crippen LogP contribution in [-0.2, 0) is 4.79 Å². The second kappa shape index (κ2) is 6.09. The van der Waals surface area contributed by atoms with Gasteiger partial charge < -0.3 is 11.1 Å². The maximum absolute atomic E-state index is 12.2. The first kappa shape index (κ1) is 13.9. The normalized spacial score (nSPS) is 21.6. The smallest absolute Gasteiger partial charge is 0.241 e. The van der Waals surface area contributed by atoms with Crippen molar-refractivity contribution >= 4 is 23.5 Å². The number of hydrogen-bond acceptors (Lipinski definition) is 4. The van der Waals surface area contributed by atoms with Crippen molar-refractivity contribution in [1.29, 1.82) is 0 Å². The lowest BCUT2D eigenvalue weighted by Gasteiger charge is -2.21. The van der Waals surface area contributed by atoms with Crippen LogP contribution in [0.25, 0.3) is 0 Å². The highest BCUT2D eigenvalue weighted by Crippen LogP contribution is 2.38. The van der Waals surface area contributed by atoms with E-state index in [1.165, 1.54) is 0 Å². The van der Waals surface area contributed by atoms with Crippen LogP contribution in [0.15, 0.2) is 18.3 Å². The van der Waals surface area contributed by atoms with E-state index < -0.39 is 0 Å². The lowest BCUT2D eigenvalue weighted by molar-refractivity contribution is -0.118. The molecule has 0 aliphatic carbocycles. The summed E-state index contributed by atoms with van der Waals surface area (Å²) < 4.78 is -0.333. The first-order valence-electron chi connectivity index (χ1n) is 6.24. The molecule has 0 aromatic carbocycles. The maximum Gasteiger partial charge on any atom is 0.241 e. The van der Waals surface area contributed by atoms with Crippen LogP contribution in [0.2, 0.25) is 0 Å². The van der Waals surface area contributed by atoms with E-state index in [1.54, 1.807) is 30.1 Å². The molecule has 2 heterocycles. The van der Waals surface area contributed by atoms with Crippen molar-refractivity contribution in [2.75, 3.05) is 17.6 Å². The molecule has 0 radical (unpaired) electrons. The molecule has 1 unspecified atom stereocenters. The number of nitrogens with two attached hydrogens (primary N) is 1. The number of pyridine rings is 1. The molecule has 5 heteroatoms. The third-order valence-corrected chi connectivity index (χ3v) is 4.55. The average Bonchev–Trinajstić information content (AvgIpc) is 2.85. The summed E-state index contributed by atoms with van der Waals surface area (Å²) in [4.78, 5) is 16.4. The number of amides is 1. The molecule has 3 N–H and O–H groups in total. The number of nitrogens with one attached hydrogen (secondary N) is 1. The first-order chi connectivity index (χ1) is 9.14. The molecule has 4 nitrogen and oxygen atoms in total. The third kappa shape index (κ3) is 3.49. The predicted octanol–water partition coefficient (Wildman–Crippen LogP) is 1.62. The summed E-state index contributed by atoms with van der Waals surface area (Å²) in [5, 5.41) is 2.87. The van der Waals surface area contributed by atoms with Gasteiger partial charge in [0, 0.05) is 11.8 Å². The van der Waals surface area contributed by atoms with Crippen LogP contribution in [0, 0.1) is 11.8 Å². The summed E-state index contributed by atoms with van der Waals surface area (Å²) in [6.07, 6.45) is 3.64. The van der Waals surface area contributed by atoms with Gasteiger partial charge in [-0.1, -0.05) is 11.8 Å². The van der Waals surface area contributed by atoms with Gasteiger partial charge in [0.25, 0.3) is 0 Å². The summed E-state index contributed by atoms with van der Waals surface area (Å²) in [7, 11) is 0. The quantitative estimate of drug-likeness (QED) is 0.805. The highest BCUT2D eigenvalue weighted by Gasteiger charge is 2.37. The Morgan fingerprint density at radius 2 is 2.53 bits per heavy atom. The number of carbonyl (C=O) groups is 1. The highest BCUT2D eigenvalue weighted by molar-refractivity contribution is 8.01. The van der Waals surface area contributed by atoms with Crippen molar-refractivity contribution in [1.82, 2.24) is 4.98 Å². The summed E-state index contributed by atoms with van der Waals surface area (Å²) in [5.41, 5.74) is 6.14. The fraction of sp³-hybridized carbons (Fsp3) is 0.429. The zero-order valence-electron chi connectivity index (χ0n) is 10.9. The third-order valence-electron chi connectivity index (χ3n) is 3.04. The van der Waals surface area contributed by atoms with Crippen molar-refractivity contribution in [2.45, 2.75) is 24.5 Å². The number of thioether (sulfide) groups is 1. The average molecular weight is 275 g/mol. The molecule has 1 fully saturated rings. The van der Waals surface area contributed by atoms with Gasteiger partial charge in [0.15, 0.2) is 0 Å². The van der Waals surface area contributed by atoms with E-state index in [4.69, 9.17) is 5.73 Å². The molecule has 0 bridgehead atoms. The van der Waals surface area contributed by atoms with E-state index in [1.807, 2.05) is 6.92 Å². The van der Waals surface area contributed by atoms with Gasteiger partial charge in [-0.15, -0.1) is 11.8 Å². The van der Waals surface area contributed by atoms with Gasteiger partial charge in [0.1, 0.15) is 5.82 Å². The number of carbonyl (C=O) groups excluding carboxylic acids is 1. The van der Waals surface area contributed by atoms with E-state index in [0.717, 1.165) is 24.2 Å². The first-order valence-corrected chi connectivity index (χ1v) is 7.23. The molecular formula is C14H17N3OS. The maximum atomic E-state index is 12.2. The highest BCUT2D eigenvalue weighted by atomic mass is 32.2. The van der Waals surface area contributed by atoms with Gasteiger partial charge in [-0.05, 0) is 37.7 Å². The number of aromatic nitrogens is 1. The minimum atomic E-state index is -0.333. The van der Waals surface area contributed by atoms with Crippen LogP contribution in [0.3, 0.4) is 0 Å². The van der Waals surface area contributed by atoms with Gasteiger partial charge >= 0.3 is 0 Å². The van der Waals surface area contributed by atoms with Gasteiger partial charge in [0.2, 0.25) is 5.91 Å². The van der Waals surface area contributed by atoms with Crippen LogP contribution in [0.1, 0.15) is 25.3 Å². The van der Waals surface area contributed by atoms with Crippen LogP contribution in [0.5, 0.6) is 0 Å². The van der Waals surface area contributed by atoms with Gasteiger partial charge in [0.05, 0.1) is 11.3 Å². The van der Waals surface area contributed by atoms with Crippen molar-refractivity contribution in [2.24, 2.45) is 5.73 Å². The fourth-order valence-electron chi connectivity index (χ4n) is 1.94. The lowest BCUT2D eigenvalue weighted by atomic mass is 10.1. The minimum absolute atomic E-state index is 0.0198. The SMILES string of the molecule is CC1(C(=O)Nc2cc(C#CCN)ccn2)CCCS1. The van der Waals surface area contributed by atoms with Gasteiger partial charge in [-0.2, -0.15) is 0 Å². The molecule has 1 aliphatic heterocycles. The molecule has 1 aromatic heterocycles. The van der Waals surface area contributed by atoms with E-state index in [-0.39, 0.29) is 10.7 Å². The van der Waals surface area contributed by atoms with E-state index >= 15 is 0 Å². The largest absolute Gasteiger partial charge is 0.320 e. The molecule has 1 aromatic rings. The van der Waals surface area contributed by atoms with Crippen molar-refractivity contribution in [3.8, 4) is 11.8 Å². The van der Waals surface area contributed by atoms with Crippen molar-refractivity contribution in [3.63, 3.8) is 0 Å². The van der Waals surface area contributed by atoms with Crippen molar-refractivity contribution < 1.29 is 4.79 Å². The minimum Gasteiger partial charge on any atom is -0.320 e. The van der Waals surface area contributed by atoms with Gasteiger partial charge in [-0.25, -0.2) is 4.98 Å². The molecular weight excluding hydrogens is 258 g/mol. The van der Waals surface area contributed by atoms with Crippen LogP contribution >= 0.6 is 11.8 Å².